The van der Waals surface area contributed by atoms with E-state index in [-0.39, 0.29) is 5.11 Å². The molecule has 5 nitrogen and oxygen atoms in total. The van der Waals surface area contributed by atoms with Crippen LogP contribution in [0.15, 0.2) is 48.5 Å². The number of anilines is 1. The van der Waals surface area contributed by atoms with E-state index < -0.39 is 11.9 Å². The molecule has 2 aromatic carbocycles. The van der Waals surface area contributed by atoms with Crippen molar-refractivity contribution in [3.63, 3.8) is 0 Å². The summed E-state index contributed by atoms with van der Waals surface area (Å²) in [6, 6.07) is 13.2. The highest BCUT2D eigenvalue weighted by Gasteiger charge is 2.13. The average molecular weight is 349 g/mol. The highest BCUT2D eigenvalue weighted by molar-refractivity contribution is 7.80. The Morgan fingerprint density at radius 2 is 1.87 bits per heavy atom. The van der Waals surface area contributed by atoms with E-state index in [0.29, 0.717) is 21.8 Å². The van der Waals surface area contributed by atoms with Gasteiger partial charge in [0.1, 0.15) is 0 Å². The van der Waals surface area contributed by atoms with Crippen molar-refractivity contribution in [3.05, 3.63) is 64.7 Å². The van der Waals surface area contributed by atoms with Crippen molar-refractivity contribution in [1.29, 1.82) is 0 Å². The van der Waals surface area contributed by atoms with Crippen molar-refractivity contribution in [2.45, 2.75) is 0 Å². The summed E-state index contributed by atoms with van der Waals surface area (Å²) in [5.74, 6) is -0.905. The standard InChI is InChI=1S/C16H13ClN2O3S/c1-22-15(21)12-7-2-3-8-13(12)18-16(23)19-14(20)10-5-4-6-11(17)9-10/h2-9H,1H3,(H2,18,19,20,23). The molecule has 0 saturated carbocycles. The van der Waals surface area contributed by atoms with E-state index in [9.17, 15) is 9.59 Å². The normalized spacial score (nSPS) is 9.83. The zero-order chi connectivity index (χ0) is 16.8. The minimum Gasteiger partial charge on any atom is -0.465 e. The first kappa shape index (κ1) is 16.9. The van der Waals surface area contributed by atoms with Gasteiger partial charge < -0.3 is 10.1 Å². The molecule has 0 saturated heterocycles. The molecule has 7 heteroatoms. The van der Waals surface area contributed by atoms with Gasteiger partial charge in [-0.15, -0.1) is 0 Å². The highest BCUT2D eigenvalue weighted by atomic mass is 35.5. The summed E-state index contributed by atoms with van der Waals surface area (Å²) < 4.78 is 4.70. The van der Waals surface area contributed by atoms with Gasteiger partial charge in [-0.25, -0.2) is 4.79 Å². The molecule has 0 unspecified atom stereocenters. The Morgan fingerprint density at radius 1 is 1.13 bits per heavy atom. The van der Waals surface area contributed by atoms with Crippen molar-refractivity contribution in [1.82, 2.24) is 5.32 Å². The number of halogens is 1. The van der Waals surface area contributed by atoms with Crippen LogP contribution in [-0.2, 0) is 4.74 Å². The van der Waals surface area contributed by atoms with E-state index in [0.717, 1.165) is 0 Å². The Bertz CT molecular complexity index is 764. The fraction of sp³-hybridized carbons (Fsp3) is 0.0625. The van der Waals surface area contributed by atoms with Gasteiger partial charge in [-0.05, 0) is 42.5 Å². The number of rotatable bonds is 3. The van der Waals surface area contributed by atoms with Crippen LogP contribution in [0.4, 0.5) is 5.69 Å². The van der Waals surface area contributed by atoms with Gasteiger partial charge in [0.15, 0.2) is 5.11 Å². The summed E-state index contributed by atoms with van der Waals surface area (Å²) in [7, 11) is 1.29. The molecule has 2 rings (SSSR count). The summed E-state index contributed by atoms with van der Waals surface area (Å²) in [5, 5.41) is 5.85. The molecule has 0 heterocycles. The largest absolute Gasteiger partial charge is 0.465 e. The molecule has 0 aliphatic heterocycles. The molecule has 1 amide bonds. The van der Waals surface area contributed by atoms with Crippen molar-refractivity contribution < 1.29 is 14.3 Å². The number of carbonyl (C=O) groups is 2. The van der Waals surface area contributed by atoms with Crippen molar-refractivity contribution in [2.75, 3.05) is 12.4 Å². The third-order valence-electron chi connectivity index (χ3n) is 2.89. The number of carbonyl (C=O) groups excluding carboxylic acids is 2. The number of hydrogen-bond donors (Lipinski definition) is 2. The van der Waals surface area contributed by atoms with Crippen molar-refractivity contribution >= 4 is 46.5 Å². The second-order valence-corrected chi connectivity index (χ2v) is 5.30. The lowest BCUT2D eigenvalue weighted by Crippen LogP contribution is -2.34. The Balaban J connectivity index is 2.08. The maximum Gasteiger partial charge on any atom is 0.339 e. The van der Waals surface area contributed by atoms with Crippen molar-refractivity contribution in [3.8, 4) is 0 Å². The zero-order valence-electron chi connectivity index (χ0n) is 12.1. The first-order chi connectivity index (χ1) is 11.0. The van der Waals surface area contributed by atoms with Crippen LogP contribution in [0.3, 0.4) is 0 Å². The Labute approximate surface area is 143 Å². The first-order valence-corrected chi connectivity index (χ1v) is 7.35. The van der Waals surface area contributed by atoms with Gasteiger partial charge in [0, 0.05) is 10.6 Å². The fourth-order valence-electron chi connectivity index (χ4n) is 1.84. The first-order valence-electron chi connectivity index (χ1n) is 6.56. The highest BCUT2D eigenvalue weighted by Crippen LogP contribution is 2.16. The maximum atomic E-state index is 12.1. The average Bonchev–Trinajstić information content (AvgIpc) is 2.54. The number of thiocarbonyl (C=S) groups is 1. The molecule has 0 atom stereocenters. The number of amides is 1. The Kier molecular flexibility index (Phi) is 5.67. The minimum atomic E-state index is -0.503. The van der Waals surface area contributed by atoms with Gasteiger partial charge in [-0.3, -0.25) is 10.1 Å². The molecular weight excluding hydrogens is 336 g/mol. The van der Waals surface area contributed by atoms with Crippen LogP contribution in [0.2, 0.25) is 5.02 Å². The summed E-state index contributed by atoms with van der Waals surface area (Å²) in [6.07, 6.45) is 0. The van der Waals surface area contributed by atoms with Crippen LogP contribution in [0.1, 0.15) is 20.7 Å². The number of para-hydroxylation sites is 1. The van der Waals surface area contributed by atoms with E-state index in [1.165, 1.54) is 13.2 Å². The third-order valence-corrected chi connectivity index (χ3v) is 3.33. The summed E-state index contributed by atoms with van der Waals surface area (Å²) in [5.41, 5.74) is 1.13. The number of nitrogens with one attached hydrogen (secondary N) is 2. The Morgan fingerprint density at radius 3 is 2.57 bits per heavy atom. The summed E-state index contributed by atoms with van der Waals surface area (Å²) >= 11 is 10.9. The lowest BCUT2D eigenvalue weighted by atomic mass is 10.2. The predicted molar refractivity (Wildman–Crippen MR) is 92.9 cm³/mol. The molecule has 0 aromatic heterocycles. The smallest absolute Gasteiger partial charge is 0.339 e. The molecule has 0 spiro atoms. The molecule has 0 aliphatic rings. The molecule has 0 bridgehead atoms. The van der Waals surface area contributed by atoms with E-state index in [1.807, 2.05) is 0 Å². The lowest BCUT2D eigenvalue weighted by Gasteiger charge is -2.12. The van der Waals surface area contributed by atoms with Crippen LogP contribution in [0, 0.1) is 0 Å². The van der Waals surface area contributed by atoms with E-state index in [1.54, 1.807) is 42.5 Å². The second kappa shape index (κ2) is 7.71. The maximum absolute atomic E-state index is 12.1. The van der Waals surface area contributed by atoms with Gasteiger partial charge in [0.05, 0.1) is 18.4 Å². The van der Waals surface area contributed by atoms with Crippen LogP contribution in [0.25, 0.3) is 0 Å². The second-order valence-electron chi connectivity index (χ2n) is 4.46. The van der Waals surface area contributed by atoms with Gasteiger partial charge in [0.2, 0.25) is 0 Å². The molecule has 2 aromatic rings. The van der Waals surface area contributed by atoms with Gasteiger partial charge in [0.25, 0.3) is 5.91 Å². The fourth-order valence-corrected chi connectivity index (χ4v) is 2.23. The molecule has 0 fully saturated rings. The quantitative estimate of drug-likeness (QED) is 0.658. The predicted octanol–water partition coefficient (Wildman–Crippen LogP) is 3.25. The molecule has 0 radical (unpaired) electrons. The number of esters is 1. The minimum absolute atomic E-state index is 0.0614. The van der Waals surface area contributed by atoms with E-state index >= 15 is 0 Å². The van der Waals surface area contributed by atoms with Gasteiger partial charge in [-0.1, -0.05) is 29.8 Å². The molecule has 2 N–H and O–H groups in total. The van der Waals surface area contributed by atoms with Crippen molar-refractivity contribution in [2.24, 2.45) is 0 Å². The number of benzene rings is 2. The molecular formula is C16H13ClN2O3S. The summed E-state index contributed by atoms with van der Waals surface area (Å²) in [4.78, 5) is 23.8. The number of hydrogen-bond acceptors (Lipinski definition) is 4. The number of methoxy groups -OCH3 is 1. The van der Waals surface area contributed by atoms with Crippen LogP contribution < -0.4 is 10.6 Å². The Hall–Kier alpha value is -2.44. The van der Waals surface area contributed by atoms with Crippen LogP contribution >= 0.6 is 23.8 Å². The van der Waals surface area contributed by atoms with E-state index in [2.05, 4.69) is 10.6 Å². The van der Waals surface area contributed by atoms with Crippen LogP contribution in [-0.4, -0.2) is 24.1 Å². The van der Waals surface area contributed by atoms with Gasteiger partial charge >= 0.3 is 5.97 Å². The molecule has 118 valence electrons. The van der Waals surface area contributed by atoms with Gasteiger partial charge in [-0.2, -0.15) is 0 Å². The monoisotopic (exact) mass is 348 g/mol. The zero-order valence-corrected chi connectivity index (χ0v) is 13.7. The number of ether oxygens (including phenoxy) is 1. The molecule has 0 aliphatic carbocycles. The SMILES string of the molecule is COC(=O)c1ccccc1NC(=S)NC(=O)c1cccc(Cl)c1. The van der Waals surface area contributed by atoms with E-state index in [4.69, 9.17) is 28.6 Å². The third kappa shape index (κ3) is 4.51. The lowest BCUT2D eigenvalue weighted by molar-refractivity contribution is 0.0602. The van der Waals surface area contributed by atoms with Crippen LogP contribution in [0.5, 0.6) is 0 Å². The topological polar surface area (TPSA) is 67.4 Å². The molecule has 23 heavy (non-hydrogen) atoms. The summed E-state index contributed by atoms with van der Waals surface area (Å²) in [6.45, 7) is 0.